The topological polar surface area (TPSA) is 72.8 Å². The van der Waals surface area contributed by atoms with Crippen LogP contribution in [0.1, 0.15) is 361 Å². The number of hydrogen-bond donors (Lipinski definition) is 1. The molecule has 0 bridgehead atoms. The predicted octanol–water partition coefficient (Wildman–Crippen LogP) is 26.7. The fourth-order valence-electron chi connectivity index (χ4n) is 10.9. The molecule has 0 fully saturated rings. The van der Waals surface area contributed by atoms with Crippen LogP contribution in [-0.4, -0.2) is 36.4 Å². The van der Waals surface area contributed by atoms with Gasteiger partial charge in [0.2, 0.25) is 0 Å². The summed E-state index contributed by atoms with van der Waals surface area (Å²) in [5, 5.41) is 9.72. The van der Waals surface area contributed by atoms with Crippen LogP contribution in [0, 0.1) is 0 Å². The van der Waals surface area contributed by atoms with E-state index in [4.69, 9.17) is 9.47 Å². The number of unbranched alkanes of at least 4 members (excludes halogenated alkanes) is 39. The molecule has 0 aliphatic rings. The molecule has 0 aliphatic carbocycles. The summed E-state index contributed by atoms with van der Waals surface area (Å²) in [5.74, 6) is -0.596. The Kier molecular flexibility index (Phi) is 73.8. The first kappa shape index (κ1) is 84.0. The standard InChI is InChI=1S/C83H142O5/c1-3-5-7-9-11-13-15-17-19-21-23-25-27-29-31-33-35-37-38-39-40-41-42-43-44-46-48-50-52-54-56-58-60-62-64-66-68-70-72-74-76-78-83(86)88-81(79-84)80-87-82(85)77-75-73-71-69-67-65-63-61-59-57-55-53-51-49-47-45-36-34-32-30-28-26-24-22-20-18-16-14-12-10-8-6-4-2/h5,7,11,13,17,19,23,25,29,31,35,37,39-40,42-43,46,48,52,54,58,60,81,84H,3-4,6,8-10,12,14-16,18,20-22,24,26-28,30,32-34,36,38,41,44-45,47,49-51,53,55-57,59,61-80H2,1-2H3/b7-5-,13-11-,19-17-,25-23-,31-29-,37-35-,40-39-,43-42-,48-46-,54-52-,60-58-. The lowest BCUT2D eigenvalue weighted by Gasteiger charge is -2.15. The second kappa shape index (κ2) is 77.3. The number of carbonyl (C=O) groups excluding carboxylic acids is 2. The lowest BCUT2D eigenvalue weighted by Crippen LogP contribution is -2.28. The highest BCUT2D eigenvalue weighted by molar-refractivity contribution is 5.70. The quantitative estimate of drug-likeness (QED) is 0.0373. The van der Waals surface area contributed by atoms with Gasteiger partial charge in [-0.15, -0.1) is 0 Å². The number of carbonyl (C=O) groups is 2. The van der Waals surface area contributed by atoms with Gasteiger partial charge >= 0.3 is 11.9 Å². The van der Waals surface area contributed by atoms with Gasteiger partial charge in [-0.2, -0.15) is 0 Å². The average Bonchev–Trinajstić information content (AvgIpc) is 3.56. The number of rotatable bonds is 69. The van der Waals surface area contributed by atoms with Crippen molar-refractivity contribution in [2.45, 2.75) is 367 Å². The van der Waals surface area contributed by atoms with E-state index >= 15 is 0 Å². The highest BCUT2D eigenvalue weighted by Crippen LogP contribution is 2.18. The molecule has 0 aliphatic heterocycles. The van der Waals surface area contributed by atoms with Gasteiger partial charge in [-0.05, 0) is 96.3 Å². The van der Waals surface area contributed by atoms with Crippen molar-refractivity contribution in [3.63, 3.8) is 0 Å². The van der Waals surface area contributed by atoms with Gasteiger partial charge in [0.05, 0.1) is 6.61 Å². The van der Waals surface area contributed by atoms with Crippen LogP contribution in [0.4, 0.5) is 0 Å². The largest absolute Gasteiger partial charge is 0.462 e. The summed E-state index contributed by atoms with van der Waals surface area (Å²) in [5.41, 5.74) is 0. The molecule has 0 spiro atoms. The molecule has 0 heterocycles. The van der Waals surface area contributed by atoms with Gasteiger partial charge in [-0.3, -0.25) is 9.59 Å². The van der Waals surface area contributed by atoms with Gasteiger partial charge in [-0.1, -0.05) is 385 Å². The molecule has 504 valence electrons. The number of aliphatic hydroxyl groups is 1. The summed E-state index contributed by atoms with van der Waals surface area (Å²) >= 11 is 0. The number of allylic oxidation sites excluding steroid dienone is 22. The Labute approximate surface area is 546 Å². The molecule has 5 heteroatoms. The number of esters is 2. The number of ether oxygens (including phenoxy) is 2. The lowest BCUT2D eigenvalue weighted by atomic mass is 10.0. The molecule has 1 N–H and O–H groups in total. The minimum atomic E-state index is -0.787. The minimum absolute atomic E-state index is 0.0734. The Morgan fingerprint density at radius 3 is 0.739 bits per heavy atom. The molecule has 0 aromatic rings. The third-order valence-corrected chi connectivity index (χ3v) is 16.5. The Bertz CT molecular complexity index is 1770. The van der Waals surface area contributed by atoms with Gasteiger partial charge in [0, 0.05) is 12.8 Å². The molecule has 0 amide bonds. The maximum atomic E-state index is 12.4. The SMILES string of the molecule is CC/C=C\C/C=C\C/C=C\C/C=C\C/C=C\C/C=C\C/C=C\C/C=C\C/C=C\C/C=C\C/C=C\CCCCCCCCCC(=O)OC(CO)COC(=O)CCCCCCCCCCCCCCCCCCCCCCCCCCCCCCCCCCC. The van der Waals surface area contributed by atoms with Crippen LogP contribution in [0.15, 0.2) is 134 Å². The van der Waals surface area contributed by atoms with E-state index in [1.807, 2.05) is 0 Å². The van der Waals surface area contributed by atoms with Crippen molar-refractivity contribution in [2.24, 2.45) is 0 Å². The Balaban J connectivity index is 3.52. The fraction of sp³-hybridized carbons (Fsp3) is 0.711. The van der Waals surface area contributed by atoms with E-state index in [1.165, 1.54) is 218 Å². The lowest BCUT2D eigenvalue weighted by molar-refractivity contribution is -0.161. The van der Waals surface area contributed by atoms with Crippen molar-refractivity contribution in [3.8, 4) is 0 Å². The molecule has 0 radical (unpaired) electrons. The first-order chi connectivity index (χ1) is 43.6. The average molecular weight is 1220 g/mol. The highest BCUT2D eigenvalue weighted by atomic mass is 16.6. The summed E-state index contributed by atoms with van der Waals surface area (Å²) in [6.45, 7) is 4.06. The van der Waals surface area contributed by atoms with Gasteiger partial charge in [0.25, 0.3) is 0 Å². The van der Waals surface area contributed by atoms with Gasteiger partial charge in [0.1, 0.15) is 6.61 Å². The molecule has 0 rings (SSSR count). The molecule has 0 saturated carbocycles. The Morgan fingerprint density at radius 2 is 0.489 bits per heavy atom. The molecule has 1 unspecified atom stereocenters. The van der Waals surface area contributed by atoms with Gasteiger partial charge in [0.15, 0.2) is 6.10 Å². The zero-order chi connectivity index (χ0) is 63.3. The molecular weight excluding hydrogens is 1080 g/mol. The van der Waals surface area contributed by atoms with Crippen molar-refractivity contribution in [1.29, 1.82) is 0 Å². The summed E-state index contributed by atoms with van der Waals surface area (Å²) < 4.78 is 10.8. The van der Waals surface area contributed by atoms with Crippen LogP contribution in [-0.2, 0) is 19.1 Å². The molecule has 0 aromatic heterocycles. The Morgan fingerprint density at radius 1 is 0.273 bits per heavy atom. The van der Waals surface area contributed by atoms with Crippen LogP contribution < -0.4 is 0 Å². The molecular formula is C83H142O5. The van der Waals surface area contributed by atoms with E-state index in [1.54, 1.807) is 0 Å². The molecule has 1 atom stereocenters. The van der Waals surface area contributed by atoms with Crippen LogP contribution in [0.3, 0.4) is 0 Å². The number of hydrogen-bond acceptors (Lipinski definition) is 5. The van der Waals surface area contributed by atoms with Crippen LogP contribution in [0.5, 0.6) is 0 Å². The third-order valence-electron chi connectivity index (χ3n) is 16.5. The van der Waals surface area contributed by atoms with Crippen molar-refractivity contribution >= 4 is 11.9 Å². The van der Waals surface area contributed by atoms with Gasteiger partial charge in [-0.25, -0.2) is 0 Å². The van der Waals surface area contributed by atoms with E-state index in [0.29, 0.717) is 12.8 Å². The normalized spacial score (nSPS) is 13.0. The van der Waals surface area contributed by atoms with Crippen LogP contribution in [0.25, 0.3) is 0 Å². The monoisotopic (exact) mass is 1220 g/mol. The second-order valence-corrected chi connectivity index (χ2v) is 25.0. The van der Waals surface area contributed by atoms with Crippen molar-refractivity contribution in [3.05, 3.63) is 134 Å². The summed E-state index contributed by atoms with van der Waals surface area (Å²) in [7, 11) is 0. The van der Waals surface area contributed by atoms with Crippen LogP contribution in [0.2, 0.25) is 0 Å². The maximum absolute atomic E-state index is 12.4. The third kappa shape index (κ3) is 74.5. The van der Waals surface area contributed by atoms with Crippen molar-refractivity contribution < 1.29 is 24.2 Å². The van der Waals surface area contributed by atoms with E-state index < -0.39 is 6.10 Å². The maximum Gasteiger partial charge on any atom is 0.306 e. The minimum Gasteiger partial charge on any atom is -0.462 e. The zero-order valence-corrected chi connectivity index (χ0v) is 58.0. The zero-order valence-electron chi connectivity index (χ0n) is 58.0. The fourth-order valence-corrected chi connectivity index (χ4v) is 10.9. The molecule has 0 aromatic carbocycles. The van der Waals surface area contributed by atoms with E-state index in [2.05, 4.69) is 148 Å². The summed E-state index contributed by atoms with van der Waals surface area (Å²) in [6.07, 6.45) is 115. The number of aliphatic hydroxyl groups excluding tert-OH is 1. The van der Waals surface area contributed by atoms with Crippen LogP contribution >= 0.6 is 0 Å². The molecule has 88 heavy (non-hydrogen) atoms. The second-order valence-electron chi connectivity index (χ2n) is 25.0. The smallest absolute Gasteiger partial charge is 0.306 e. The van der Waals surface area contributed by atoms with Gasteiger partial charge < -0.3 is 14.6 Å². The Hall–Kier alpha value is -3.96. The molecule has 0 saturated heterocycles. The first-order valence-electron chi connectivity index (χ1n) is 37.7. The summed E-state index contributed by atoms with van der Waals surface area (Å²) in [4.78, 5) is 24.7. The first-order valence-corrected chi connectivity index (χ1v) is 37.7. The van der Waals surface area contributed by atoms with E-state index in [-0.39, 0.29) is 25.2 Å². The summed E-state index contributed by atoms with van der Waals surface area (Å²) in [6, 6.07) is 0. The van der Waals surface area contributed by atoms with Crippen molar-refractivity contribution in [1.82, 2.24) is 0 Å². The predicted molar refractivity (Wildman–Crippen MR) is 389 cm³/mol. The molecule has 5 nitrogen and oxygen atoms in total. The van der Waals surface area contributed by atoms with E-state index in [9.17, 15) is 14.7 Å². The van der Waals surface area contributed by atoms with E-state index in [0.717, 1.165) is 116 Å². The van der Waals surface area contributed by atoms with Crippen molar-refractivity contribution in [2.75, 3.05) is 13.2 Å². The highest BCUT2D eigenvalue weighted by Gasteiger charge is 2.16.